The van der Waals surface area contributed by atoms with Crippen molar-refractivity contribution in [2.45, 2.75) is 38.6 Å². The standard InChI is InChI=1S/C18H23N3/c1-14(20-12-18(8-9-18)16-4-5-16)15-2-6-17(7-3-15)21-11-10-19-13-21/h2-3,6-7,10-11,13-14,16,20H,4-5,8-9,12H2,1H3. The molecule has 0 amide bonds. The van der Waals surface area contributed by atoms with Gasteiger partial charge in [-0.1, -0.05) is 12.1 Å². The minimum absolute atomic E-state index is 0.429. The molecule has 0 radical (unpaired) electrons. The van der Waals surface area contributed by atoms with Crippen molar-refractivity contribution in [3.63, 3.8) is 0 Å². The quantitative estimate of drug-likeness (QED) is 0.874. The van der Waals surface area contributed by atoms with Gasteiger partial charge in [0.15, 0.2) is 0 Å². The van der Waals surface area contributed by atoms with Gasteiger partial charge in [0.05, 0.1) is 6.33 Å². The zero-order chi connectivity index (χ0) is 14.3. The molecular formula is C18H23N3. The van der Waals surface area contributed by atoms with Gasteiger partial charge in [0.1, 0.15) is 0 Å². The van der Waals surface area contributed by atoms with Crippen molar-refractivity contribution in [2.24, 2.45) is 11.3 Å². The Labute approximate surface area is 126 Å². The summed E-state index contributed by atoms with van der Waals surface area (Å²) in [6.07, 6.45) is 11.4. The van der Waals surface area contributed by atoms with Gasteiger partial charge in [-0.3, -0.25) is 0 Å². The summed E-state index contributed by atoms with van der Waals surface area (Å²) in [5.74, 6) is 1.03. The van der Waals surface area contributed by atoms with E-state index in [1.54, 1.807) is 0 Å². The molecule has 2 aliphatic carbocycles. The molecular weight excluding hydrogens is 258 g/mol. The molecule has 4 rings (SSSR count). The SMILES string of the molecule is CC(NCC1(C2CC2)CC1)c1ccc(-n2ccnc2)cc1. The minimum atomic E-state index is 0.429. The van der Waals surface area contributed by atoms with Crippen molar-refractivity contribution in [3.05, 3.63) is 48.5 Å². The molecule has 110 valence electrons. The minimum Gasteiger partial charge on any atom is -0.310 e. The van der Waals surface area contributed by atoms with Crippen LogP contribution in [-0.2, 0) is 0 Å². The molecule has 1 unspecified atom stereocenters. The van der Waals surface area contributed by atoms with Gasteiger partial charge in [0.2, 0.25) is 0 Å². The molecule has 2 saturated carbocycles. The van der Waals surface area contributed by atoms with Crippen molar-refractivity contribution < 1.29 is 0 Å². The van der Waals surface area contributed by atoms with E-state index in [1.165, 1.54) is 43.5 Å². The average molecular weight is 281 g/mol. The third-order valence-corrected chi connectivity index (χ3v) is 5.29. The van der Waals surface area contributed by atoms with Crippen LogP contribution in [0.1, 0.15) is 44.2 Å². The van der Waals surface area contributed by atoms with Crippen LogP contribution in [0, 0.1) is 11.3 Å². The summed E-state index contributed by atoms with van der Waals surface area (Å²) < 4.78 is 2.04. The molecule has 0 saturated heterocycles. The molecule has 1 N–H and O–H groups in total. The Kier molecular flexibility index (Phi) is 3.11. The highest BCUT2D eigenvalue weighted by Crippen LogP contribution is 2.60. The van der Waals surface area contributed by atoms with Gasteiger partial charge in [0.25, 0.3) is 0 Å². The first-order chi connectivity index (χ1) is 10.3. The lowest BCUT2D eigenvalue weighted by atomic mass is 9.99. The summed E-state index contributed by atoms with van der Waals surface area (Å²) in [6, 6.07) is 9.22. The first-order valence-electron chi connectivity index (χ1n) is 8.09. The maximum Gasteiger partial charge on any atom is 0.0991 e. The van der Waals surface area contributed by atoms with Crippen LogP contribution in [0.2, 0.25) is 0 Å². The van der Waals surface area contributed by atoms with E-state index in [9.17, 15) is 0 Å². The van der Waals surface area contributed by atoms with Crippen LogP contribution >= 0.6 is 0 Å². The number of hydrogen-bond acceptors (Lipinski definition) is 2. The maximum absolute atomic E-state index is 4.09. The highest BCUT2D eigenvalue weighted by molar-refractivity contribution is 5.35. The van der Waals surface area contributed by atoms with Crippen molar-refractivity contribution in [2.75, 3.05) is 6.54 Å². The van der Waals surface area contributed by atoms with Crippen LogP contribution in [0.15, 0.2) is 43.0 Å². The molecule has 1 heterocycles. The fraction of sp³-hybridized carbons (Fsp3) is 0.500. The van der Waals surface area contributed by atoms with Crippen LogP contribution < -0.4 is 5.32 Å². The highest BCUT2D eigenvalue weighted by Gasteiger charge is 2.53. The Morgan fingerprint density at radius 1 is 1.29 bits per heavy atom. The second-order valence-corrected chi connectivity index (χ2v) is 6.80. The van der Waals surface area contributed by atoms with Crippen LogP contribution in [0.4, 0.5) is 0 Å². The zero-order valence-electron chi connectivity index (χ0n) is 12.6. The lowest BCUT2D eigenvalue weighted by Gasteiger charge is -2.20. The number of hydrogen-bond donors (Lipinski definition) is 1. The molecule has 0 spiro atoms. The van der Waals surface area contributed by atoms with E-state index in [0.29, 0.717) is 11.5 Å². The molecule has 1 aromatic carbocycles. The van der Waals surface area contributed by atoms with E-state index < -0.39 is 0 Å². The molecule has 3 heteroatoms. The number of benzene rings is 1. The van der Waals surface area contributed by atoms with Crippen LogP contribution in [0.3, 0.4) is 0 Å². The number of aromatic nitrogens is 2. The molecule has 2 aromatic rings. The number of imidazole rings is 1. The molecule has 21 heavy (non-hydrogen) atoms. The number of rotatable bonds is 6. The third-order valence-electron chi connectivity index (χ3n) is 5.29. The predicted molar refractivity (Wildman–Crippen MR) is 84.4 cm³/mol. The Hall–Kier alpha value is -1.61. The molecule has 2 aliphatic rings. The van der Waals surface area contributed by atoms with Crippen molar-refractivity contribution >= 4 is 0 Å². The molecule has 0 aliphatic heterocycles. The molecule has 2 fully saturated rings. The fourth-order valence-corrected chi connectivity index (χ4v) is 3.41. The summed E-state index contributed by atoms with van der Waals surface area (Å²) in [4.78, 5) is 4.09. The number of nitrogens with one attached hydrogen (secondary N) is 1. The van der Waals surface area contributed by atoms with Gasteiger partial charge in [-0.25, -0.2) is 4.98 Å². The second kappa shape index (κ2) is 4.99. The van der Waals surface area contributed by atoms with Crippen LogP contribution in [-0.4, -0.2) is 16.1 Å². The van der Waals surface area contributed by atoms with Gasteiger partial charge < -0.3 is 9.88 Å². The summed E-state index contributed by atoms with van der Waals surface area (Å²) in [5, 5.41) is 3.76. The first-order valence-corrected chi connectivity index (χ1v) is 8.09. The van der Waals surface area contributed by atoms with E-state index in [4.69, 9.17) is 0 Å². The van der Waals surface area contributed by atoms with Gasteiger partial charge in [-0.2, -0.15) is 0 Å². The monoisotopic (exact) mass is 281 g/mol. The Bertz CT molecular complexity index is 592. The lowest BCUT2D eigenvalue weighted by Crippen LogP contribution is -2.28. The van der Waals surface area contributed by atoms with Crippen LogP contribution in [0.5, 0.6) is 0 Å². The van der Waals surface area contributed by atoms with E-state index in [2.05, 4.69) is 41.5 Å². The highest BCUT2D eigenvalue weighted by atomic mass is 15.0. The number of nitrogens with zero attached hydrogens (tertiary/aromatic N) is 2. The average Bonchev–Trinajstić information content (AvgIpc) is 3.43. The van der Waals surface area contributed by atoms with Gasteiger partial charge in [0, 0.05) is 30.7 Å². The Morgan fingerprint density at radius 3 is 2.62 bits per heavy atom. The maximum atomic E-state index is 4.09. The van der Waals surface area contributed by atoms with Gasteiger partial charge in [-0.05, 0) is 61.6 Å². The summed E-state index contributed by atoms with van der Waals surface area (Å²) in [5.41, 5.74) is 3.20. The largest absolute Gasteiger partial charge is 0.310 e. The summed E-state index contributed by atoms with van der Waals surface area (Å²) in [7, 11) is 0. The molecule has 0 bridgehead atoms. The van der Waals surface area contributed by atoms with Crippen molar-refractivity contribution in [1.29, 1.82) is 0 Å². The van der Waals surface area contributed by atoms with E-state index in [-0.39, 0.29) is 0 Å². The van der Waals surface area contributed by atoms with Crippen molar-refractivity contribution in [1.82, 2.24) is 14.9 Å². The normalized spacial score (nSPS) is 21.2. The Balaban J connectivity index is 1.39. The second-order valence-electron chi connectivity index (χ2n) is 6.80. The van der Waals surface area contributed by atoms with Crippen molar-refractivity contribution in [3.8, 4) is 5.69 Å². The van der Waals surface area contributed by atoms with E-state index in [0.717, 1.165) is 5.92 Å². The first kappa shape index (κ1) is 13.1. The lowest BCUT2D eigenvalue weighted by molar-refractivity contribution is 0.382. The van der Waals surface area contributed by atoms with E-state index in [1.807, 2.05) is 23.3 Å². The Morgan fingerprint density at radius 2 is 2.05 bits per heavy atom. The fourth-order valence-electron chi connectivity index (χ4n) is 3.41. The zero-order valence-corrected chi connectivity index (χ0v) is 12.6. The van der Waals surface area contributed by atoms with Gasteiger partial charge in [-0.15, -0.1) is 0 Å². The van der Waals surface area contributed by atoms with Crippen LogP contribution in [0.25, 0.3) is 5.69 Å². The topological polar surface area (TPSA) is 29.9 Å². The molecule has 3 nitrogen and oxygen atoms in total. The van der Waals surface area contributed by atoms with Gasteiger partial charge >= 0.3 is 0 Å². The predicted octanol–water partition coefficient (Wildman–Crippen LogP) is 3.71. The molecule has 1 atom stereocenters. The summed E-state index contributed by atoms with van der Waals surface area (Å²) >= 11 is 0. The third kappa shape index (κ3) is 2.62. The summed E-state index contributed by atoms with van der Waals surface area (Å²) in [6.45, 7) is 3.47. The smallest absolute Gasteiger partial charge is 0.0991 e. The molecule has 1 aromatic heterocycles. The van der Waals surface area contributed by atoms with E-state index >= 15 is 0 Å².